The van der Waals surface area contributed by atoms with Crippen molar-refractivity contribution < 1.29 is 4.79 Å². The molecule has 6 nitrogen and oxygen atoms in total. The van der Waals surface area contributed by atoms with Gasteiger partial charge in [0, 0.05) is 31.3 Å². The number of piperidine rings is 1. The molecule has 0 aliphatic carbocycles. The molecule has 0 unspecified atom stereocenters. The van der Waals surface area contributed by atoms with Crippen LogP contribution in [0.2, 0.25) is 0 Å². The molecule has 0 radical (unpaired) electrons. The summed E-state index contributed by atoms with van der Waals surface area (Å²) in [5, 5.41) is 7.40. The maximum Gasteiger partial charge on any atom is 0.240 e. The molecule has 2 fully saturated rings. The van der Waals surface area contributed by atoms with Crippen molar-refractivity contribution >= 4 is 17.7 Å². The summed E-state index contributed by atoms with van der Waals surface area (Å²) in [5.41, 5.74) is 0. The average molecular weight is 281 g/mol. The second-order valence-electron chi connectivity index (χ2n) is 5.18. The number of hydrogen-bond donors (Lipinski definition) is 1. The molecule has 2 saturated heterocycles. The number of carbonyl (C=O) groups excluding carboxylic acids is 1. The Morgan fingerprint density at radius 1 is 1.53 bits per heavy atom. The normalized spacial score (nSPS) is 27.7. The third-order valence-electron chi connectivity index (χ3n) is 3.76. The van der Waals surface area contributed by atoms with Crippen LogP contribution in [0.15, 0.2) is 12.7 Å². The molecule has 19 heavy (non-hydrogen) atoms. The number of rotatable bonds is 3. The van der Waals surface area contributed by atoms with Crippen molar-refractivity contribution in [3.05, 3.63) is 12.7 Å². The lowest BCUT2D eigenvalue weighted by atomic mass is 9.97. The van der Waals surface area contributed by atoms with Gasteiger partial charge in [0.15, 0.2) is 0 Å². The van der Waals surface area contributed by atoms with E-state index in [1.807, 2.05) is 9.58 Å². The third kappa shape index (κ3) is 3.09. The predicted octanol–water partition coefficient (Wildman–Crippen LogP) is 0.179. The topological polar surface area (TPSA) is 63.1 Å². The molecular formula is C12H19N5OS. The van der Waals surface area contributed by atoms with E-state index in [0.29, 0.717) is 5.92 Å². The number of thioether (sulfide) groups is 1. The minimum absolute atomic E-state index is 0.0233. The average Bonchev–Trinajstić information content (AvgIpc) is 3.11. The molecule has 104 valence electrons. The van der Waals surface area contributed by atoms with E-state index in [2.05, 4.69) is 15.4 Å². The molecule has 1 aromatic heterocycles. The second-order valence-corrected chi connectivity index (χ2v) is 6.21. The fraction of sp³-hybridized carbons (Fsp3) is 0.750. The smallest absolute Gasteiger partial charge is 0.240 e. The Hall–Kier alpha value is -1.08. The molecule has 0 aromatic carbocycles. The number of amides is 1. The highest BCUT2D eigenvalue weighted by Crippen LogP contribution is 2.20. The van der Waals surface area contributed by atoms with Crippen LogP contribution in [-0.2, 0) is 11.3 Å². The first-order valence-electron chi connectivity index (χ1n) is 6.75. The van der Waals surface area contributed by atoms with Gasteiger partial charge >= 0.3 is 0 Å². The molecule has 1 N–H and O–H groups in total. The van der Waals surface area contributed by atoms with Gasteiger partial charge in [-0.05, 0) is 18.8 Å². The van der Waals surface area contributed by atoms with Crippen LogP contribution >= 0.6 is 11.8 Å². The molecule has 1 aromatic rings. The second kappa shape index (κ2) is 5.92. The maximum absolute atomic E-state index is 12.4. The van der Waals surface area contributed by atoms with Gasteiger partial charge in [-0.15, -0.1) is 11.8 Å². The molecule has 2 atom stereocenters. The van der Waals surface area contributed by atoms with Gasteiger partial charge in [-0.2, -0.15) is 5.10 Å². The Balaban J connectivity index is 1.56. The van der Waals surface area contributed by atoms with Crippen molar-refractivity contribution in [1.29, 1.82) is 0 Å². The number of aromatic nitrogens is 3. The molecule has 7 heteroatoms. The van der Waals surface area contributed by atoms with Crippen molar-refractivity contribution in [2.45, 2.75) is 25.4 Å². The Morgan fingerprint density at radius 2 is 2.47 bits per heavy atom. The summed E-state index contributed by atoms with van der Waals surface area (Å²) in [5.74, 6) is 2.57. The summed E-state index contributed by atoms with van der Waals surface area (Å²) >= 11 is 1.80. The Morgan fingerprint density at radius 3 is 3.21 bits per heavy atom. The number of nitrogens with zero attached hydrogens (tertiary/aromatic N) is 4. The van der Waals surface area contributed by atoms with E-state index >= 15 is 0 Å². The summed E-state index contributed by atoms with van der Waals surface area (Å²) in [6, 6.07) is 0.0233. The molecule has 0 saturated carbocycles. The van der Waals surface area contributed by atoms with Gasteiger partial charge in [0.25, 0.3) is 0 Å². The van der Waals surface area contributed by atoms with Crippen LogP contribution in [0.25, 0.3) is 0 Å². The molecule has 1 amide bonds. The lowest BCUT2D eigenvalue weighted by molar-refractivity contribution is -0.134. The summed E-state index contributed by atoms with van der Waals surface area (Å²) < 4.78 is 1.86. The highest BCUT2D eigenvalue weighted by Gasteiger charge is 2.30. The van der Waals surface area contributed by atoms with E-state index in [9.17, 15) is 4.79 Å². The first-order chi connectivity index (χ1) is 9.33. The Kier molecular flexibility index (Phi) is 4.03. The highest BCUT2D eigenvalue weighted by atomic mass is 32.2. The van der Waals surface area contributed by atoms with Crippen LogP contribution < -0.4 is 5.32 Å². The van der Waals surface area contributed by atoms with Crippen molar-refractivity contribution in [2.75, 3.05) is 24.7 Å². The molecule has 0 bridgehead atoms. The Bertz CT molecular complexity index is 418. The zero-order valence-corrected chi connectivity index (χ0v) is 11.7. The van der Waals surface area contributed by atoms with E-state index in [-0.39, 0.29) is 11.9 Å². The lowest BCUT2D eigenvalue weighted by Crippen LogP contribution is -2.49. The summed E-state index contributed by atoms with van der Waals surface area (Å²) in [6.45, 7) is 2.60. The quantitative estimate of drug-likeness (QED) is 0.856. The van der Waals surface area contributed by atoms with Crippen molar-refractivity contribution in [3.63, 3.8) is 0 Å². The minimum Gasteiger partial charge on any atom is -0.341 e. The van der Waals surface area contributed by atoms with Gasteiger partial charge in [-0.3, -0.25) is 14.8 Å². The zero-order valence-electron chi connectivity index (χ0n) is 10.9. The van der Waals surface area contributed by atoms with E-state index < -0.39 is 0 Å². The number of likely N-dealkylation sites (tertiary alicyclic amines) is 1. The summed E-state index contributed by atoms with van der Waals surface area (Å²) in [7, 11) is 0. The molecule has 3 heterocycles. The first-order valence-corrected chi connectivity index (χ1v) is 7.91. The maximum atomic E-state index is 12.4. The van der Waals surface area contributed by atoms with Crippen LogP contribution in [0.3, 0.4) is 0 Å². The van der Waals surface area contributed by atoms with Crippen LogP contribution in [0.1, 0.15) is 12.8 Å². The fourth-order valence-electron chi connectivity index (χ4n) is 2.78. The lowest BCUT2D eigenvalue weighted by Gasteiger charge is -2.34. The third-order valence-corrected chi connectivity index (χ3v) is 4.70. The van der Waals surface area contributed by atoms with Crippen molar-refractivity contribution in [2.24, 2.45) is 5.92 Å². The standard InChI is InChI=1S/C12H19N5OS/c18-12(11-6-19-9-14-11)16-3-1-2-10(4-16)5-17-8-13-7-15-17/h7-8,10-11,14H,1-6,9H2/t10-,11-/m0/s1. The summed E-state index contributed by atoms with van der Waals surface area (Å²) in [6.07, 6.45) is 5.56. The zero-order chi connectivity index (χ0) is 13.1. The van der Waals surface area contributed by atoms with Gasteiger partial charge in [0.05, 0.1) is 6.04 Å². The van der Waals surface area contributed by atoms with Gasteiger partial charge < -0.3 is 4.90 Å². The fourth-order valence-corrected chi connectivity index (χ4v) is 3.71. The van der Waals surface area contributed by atoms with Crippen molar-refractivity contribution in [3.8, 4) is 0 Å². The largest absolute Gasteiger partial charge is 0.341 e. The number of nitrogens with one attached hydrogen (secondary N) is 1. The molecule has 2 aliphatic heterocycles. The van der Waals surface area contributed by atoms with Crippen LogP contribution in [0, 0.1) is 5.92 Å². The van der Waals surface area contributed by atoms with E-state index in [4.69, 9.17) is 0 Å². The molecule has 0 spiro atoms. The minimum atomic E-state index is 0.0233. The Labute approximate surface area is 116 Å². The van der Waals surface area contributed by atoms with Crippen LogP contribution in [-0.4, -0.2) is 56.3 Å². The van der Waals surface area contributed by atoms with Crippen molar-refractivity contribution in [1.82, 2.24) is 25.0 Å². The molecule has 3 rings (SSSR count). The van der Waals surface area contributed by atoms with Gasteiger partial charge in [0.1, 0.15) is 12.7 Å². The highest BCUT2D eigenvalue weighted by molar-refractivity contribution is 7.99. The van der Waals surface area contributed by atoms with Gasteiger partial charge in [-0.1, -0.05) is 0 Å². The van der Waals surface area contributed by atoms with Gasteiger partial charge in [-0.25, -0.2) is 4.98 Å². The molecule has 2 aliphatic rings. The van der Waals surface area contributed by atoms with E-state index in [1.165, 1.54) is 0 Å². The molecular weight excluding hydrogens is 262 g/mol. The van der Waals surface area contributed by atoms with Crippen LogP contribution in [0.4, 0.5) is 0 Å². The first kappa shape index (κ1) is 12.9. The SMILES string of the molecule is O=C([C@@H]1CSCN1)N1CCC[C@H](Cn2cncn2)C1. The van der Waals surface area contributed by atoms with Gasteiger partial charge in [0.2, 0.25) is 5.91 Å². The van der Waals surface area contributed by atoms with E-state index in [1.54, 1.807) is 24.4 Å². The van der Waals surface area contributed by atoms with E-state index in [0.717, 1.165) is 44.1 Å². The summed E-state index contributed by atoms with van der Waals surface area (Å²) in [4.78, 5) is 18.3. The monoisotopic (exact) mass is 281 g/mol. The number of hydrogen-bond acceptors (Lipinski definition) is 5. The number of carbonyl (C=O) groups is 1. The van der Waals surface area contributed by atoms with Crippen LogP contribution in [0.5, 0.6) is 0 Å². The predicted molar refractivity (Wildman–Crippen MR) is 73.6 cm³/mol.